The monoisotopic (exact) mass is 571 g/mol. The van der Waals surface area contributed by atoms with E-state index in [2.05, 4.69) is 26.3 Å². The molecule has 10 heteroatoms. The summed E-state index contributed by atoms with van der Waals surface area (Å²) in [5.41, 5.74) is 1.89. The average Bonchev–Trinajstić information content (AvgIpc) is 3.63. The number of fused-ring (bicyclic) bond motifs is 1. The summed E-state index contributed by atoms with van der Waals surface area (Å²) < 4.78 is 0. The molecule has 1 aliphatic heterocycles. The third-order valence-electron chi connectivity index (χ3n) is 8.16. The highest BCUT2D eigenvalue weighted by molar-refractivity contribution is 6.38. The number of carbonyl (C=O) groups excluding carboxylic acids is 5. The molecule has 1 saturated carbocycles. The number of H-pyrrole nitrogens is 1. The molecule has 0 unspecified atom stereocenters. The van der Waals surface area contributed by atoms with E-state index in [1.54, 1.807) is 6.07 Å². The van der Waals surface area contributed by atoms with Gasteiger partial charge in [-0.1, -0.05) is 67.8 Å². The SMILES string of the molecule is O=C(NC1CCCCC1)C(=O)[C@H](C[C@@H]1CCNC1=O)NC(=O)[C@H](Cc1ccccc1)NC(=O)c1cc2ccccc2[nH]1. The molecule has 1 aliphatic carbocycles. The van der Waals surface area contributed by atoms with Gasteiger partial charge in [-0.2, -0.15) is 0 Å². The second kappa shape index (κ2) is 13.5. The standard InChI is InChI=1S/C32H37N5O5/c38-28(32(42)34-23-12-5-2-6-13-23)25(19-22-15-16-33-29(22)39)36-30(40)26(17-20-9-3-1-4-10-20)37-31(41)27-18-21-11-7-8-14-24(21)35-27/h1,3-4,7-11,14,18,22-23,25-26,35H,2,5-6,12-13,15-17,19H2,(H,33,39)(H,34,42)(H,36,40)(H,37,41)/t22-,25-,26-/m0/s1. The minimum absolute atomic E-state index is 0.00249. The smallest absolute Gasteiger partial charge is 0.289 e. The number of carbonyl (C=O) groups is 5. The summed E-state index contributed by atoms with van der Waals surface area (Å²) in [4.78, 5) is 68.9. The Hall–Kier alpha value is -4.47. The Morgan fingerprint density at radius 1 is 0.857 bits per heavy atom. The molecule has 220 valence electrons. The Labute approximate surface area is 244 Å². The molecule has 5 rings (SSSR count). The number of hydrogen-bond donors (Lipinski definition) is 5. The Balaban J connectivity index is 1.34. The Bertz CT molecular complexity index is 1410. The number of ketones is 1. The number of hydrogen-bond acceptors (Lipinski definition) is 5. The minimum Gasteiger partial charge on any atom is -0.356 e. The number of benzene rings is 2. The van der Waals surface area contributed by atoms with Gasteiger partial charge in [-0.3, -0.25) is 24.0 Å². The fraction of sp³-hybridized carbons (Fsp3) is 0.406. The predicted molar refractivity (Wildman–Crippen MR) is 157 cm³/mol. The van der Waals surface area contributed by atoms with Crippen LogP contribution in [0.25, 0.3) is 10.9 Å². The highest BCUT2D eigenvalue weighted by Gasteiger charge is 2.36. The first kappa shape index (κ1) is 29.0. The van der Waals surface area contributed by atoms with Gasteiger partial charge in [-0.15, -0.1) is 0 Å². The summed E-state index contributed by atoms with van der Waals surface area (Å²) in [6.45, 7) is 0.476. The van der Waals surface area contributed by atoms with Gasteiger partial charge in [0.05, 0.1) is 6.04 Å². The number of rotatable bonds is 11. The quantitative estimate of drug-likeness (QED) is 0.224. The molecule has 5 N–H and O–H groups in total. The van der Waals surface area contributed by atoms with Crippen LogP contribution in [-0.2, 0) is 25.6 Å². The minimum atomic E-state index is -1.21. The molecule has 2 aromatic carbocycles. The number of aromatic amines is 1. The molecule has 2 fully saturated rings. The lowest BCUT2D eigenvalue weighted by Crippen LogP contribution is -2.55. The second-order valence-corrected chi connectivity index (χ2v) is 11.2. The largest absolute Gasteiger partial charge is 0.356 e. The topological polar surface area (TPSA) is 149 Å². The summed E-state index contributed by atoms with van der Waals surface area (Å²) in [6, 6.07) is 16.1. The first-order valence-electron chi connectivity index (χ1n) is 14.7. The van der Waals surface area contributed by atoms with Gasteiger partial charge in [0.2, 0.25) is 17.6 Å². The summed E-state index contributed by atoms with van der Waals surface area (Å²) in [5.74, 6) is -3.33. The fourth-order valence-corrected chi connectivity index (χ4v) is 5.81. The average molecular weight is 572 g/mol. The van der Waals surface area contributed by atoms with E-state index in [-0.39, 0.29) is 24.8 Å². The van der Waals surface area contributed by atoms with Crippen LogP contribution in [0.1, 0.15) is 61.0 Å². The Morgan fingerprint density at radius 2 is 1.60 bits per heavy atom. The Kier molecular flexibility index (Phi) is 9.31. The number of nitrogens with one attached hydrogen (secondary N) is 5. The van der Waals surface area contributed by atoms with Crippen LogP contribution in [0.2, 0.25) is 0 Å². The second-order valence-electron chi connectivity index (χ2n) is 11.2. The lowest BCUT2D eigenvalue weighted by atomic mass is 9.93. The van der Waals surface area contributed by atoms with E-state index in [4.69, 9.17) is 0 Å². The van der Waals surface area contributed by atoms with Gasteiger partial charge in [0.15, 0.2) is 0 Å². The summed E-state index contributed by atoms with van der Waals surface area (Å²) in [6.07, 6.45) is 5.36. The highest BCUT2D eigenvalue weighted by Crippen LogP contribution is 2.20. The third-order valence-corrected chi connectivity index (χ3v) is 8.16. The molecule has 2 aliphatic rings. The van der Waals surface area contributed by atoms with Crippen LogP contribution in [-0.4, -0.2) is 59.1 Å². The molecule has 4 amide bonds. The van der Waals surface area contributed by atoms with Crippen molar-refractivity contribution in [2.45, 2.75) is 69.5 Å². The summed E-state index contributed by atoms with van der Waals surface area (Å²) in [5, 5.41) is 12.0. The van der Waals surface area contributed by atoms with Crippen molar-refractivity contribution in [3.63, 3.8) is 0 Å². The van der Waals surface area contributed by atoms with Gasteiger partial charge < -0.3 is 26.3 Å². The van der Waals surface area contributed by atoms with E-state index < -0.39 is 41.5 Å². The maximum absolute atomic E-state index is 13.7. The maximum Gasteiger partial charge on any atom is 0.289 e. The summed E-state index contributed by atoms with van der Waals surface area (Å²) >= 11 is 0. The zero-order valence-corrected chi connectivity index (χ0v) is 23.5. The molecule has 42 heavy (non-hydrogen) atoms. The van der Waals surface area contributed by atoms with Crippen molar-refractivity contribution in [1.82, 2.24) is 26.3 Å². The van der Waals surface area contributed by atoms with Crippen molar-refractivity contribution in [3.8, 4) is 0 Å². The van der Waals surface area contributed by atoms with Gasteiger partial charge >= 0.3 is 0 Å². The molecule has 10 nitrogen and oxygen atoms in total. The van der Waals surface area contributed by atoms with E-state index >= 15 is 0 Å². The fourth-order valence-electron chi connectivity index (χ4n) is 5.81. The molecule has 2 heterocycles. The lowest BCUT2D eigenvalue weighted by Gasteiger charge is -2.26. The van der Waals surface area contributed by atoms with Crippen LogP contribution in [0.3, 0.4) is 0 Å². The number of para-hydroxylation sites is 1. The van der Waals surface area contributed by atoms with Crippen LogP contribution in [0, 0.1) is 5.92 Å². The van der Waals surface area contributed by atoms with Crippen molar-refractivity contribution in [2.24, 2.45) is 5.92 Å². The number of amides is 4. The van der Waals surface area contributed by atoms with Gasteiger partial charge in [0, 0.05) is 35.8 Å². The van der Waals surface area contributed by atoms with Crippen LogP contribution in [0.4, 0.5) is 0 Å². The van der Waals surface area contributed by atoms with E-state index in [0.29, 0.717) is 18.7 Å². The molecule has 1 saturated heterocycles. The zero-order valence-electron chi connectivity index (χ0n) is 23.5. The van der Waals surface area contributed by atoms with E-state index in [1.165, 1.54) is 0 Å². The number of aromatic nitrogens is 1. The highest BCUT2D eigenvalue weighted by atomic mass is 16.2. The van der Waals surface area contributed by atoms with Crippen molar-refractivity contribution in [3.05, 3.63) is 71.9 Å². The molecule has 0 radical (unpaired) electrons. The third kappa shape index (κ3) is 7.23. The molecule has 0 spiro atoms. The van der Waals surface area contributed by atoms with Crippen molar-refractivity contribution < 1.29 is 24.0 Å². The Morgan fingerprint density at radius 3 is 2.31 bits per heavy atom. The van der Waals surface area contributed by atoms with Crippen LogP contribution in [0.15, 0.2) is 60.7 Å². The number of Topliss-reactive ketones (excluding diaryl/α,β-unsaturated/α-hetero) is 1. The van der Waals surface area contributed by atoms with Gasteiger partial charge in [0.1, 0.15) is 11.7 Å². The van der Waals surface area contributed by atoms with Crippen molar-refractivity contribution in [2.75, 3.05) is 6.54 Å². The van der Waals surface area contributed by atoms with Gasteiger partial charge in [-0.25, -0.2) is 0 Å². The molecular weight excluding hydrogens is 534 g/mol. The molecule has 0 bridgehead atoms. The first-order chi connectivity index (χ1) is 20.4. The van der Waals surface area contributed by atoms with Gasteiger partial charge in [-0.05, 0) is 43.4 Å². The van der Waals surface area contributed by atoms with E-state index in [1.807, 2.05) is 54.6 Å². The zero-order chi connectivity index (χ0) is 29.5. The van der Waals surface area contributed by atoms with Crippen LogP contribution < -0.4 is 21.3 Å². The first-order valence-corrected chi connectivity index (χ1v) is 14.7. The normalized spacial score (nSPS) is 18.6. The summed E-state index contributed by atoms with van der Waals surface area (Å²) in [7, 11) is 0. The van der Waals surface area contributed by atoms with Gasteiger partial charge in [0.25, 0.3) is 11.8 Å². The predicted octanol–water partition coefficient (Wildman–Crippen LogP) is 2.54. The maximum atomic E-state index is 13.7. The van der Waals surface area contributed by atoms with Crippen molar-refractivity contribution in [1.29, 1.82) is 0 Å². The van der Waals surface area contributed by atoms with Crippen molar-refractivity contribution >= 4 is 40.3 Å². The van der Waals surface area contributed by atoms with Crippen LogP contribution in [0.5, 0.6) is 0 Å². The lowest BCUT2D eigenvalue weighted by molar-refractivity contribution is -0.141. The molecule has 3 aromatic rings. The molecule has 3 atom stereocenters. The van der Waals surface area contributed by atoms with Crippen LogP contribution >= 0.6 is 0 Å². The van der Waals surface area contributed by atoms with E-state index in [9.17, 15) is 24.0 Å². The molecule has 1 aromatic heterocycles. The van der Waals surface area contributed by atoms with E-state index in [0.717, 1.165) is 48.6 Å². The molecular formula is C32H37N5O5.